The van der Waals surface area contributed by atoms with Crippen LogP contribution in [0.1, 0.15) is 26.2 Å². The van der Waals surface area contributed by atoms with E-state index in [1.165, 1.54) is 6.92 Å². The van der Waals surface area contributed by atoms with Crippen molar-refractivity contribution in [3.63, 3.8) is 0 Å². The first-order chi connectivity index (χ1) is 5.62. The van der Waals surface area contributed by atoms with E-state index in [4.69, 9.17) is 4.74 Å². The Kier molecular flexibility index (Phi) is 1.63. The SMILES string of the molecule is CC(=O)NC1(O)CCCC2OC21. The number of nitrogens with one attached hydrogen (secondary N) is 1. The molecule has 1 aliphatic heterocycles. The summed E-state index contributed by atoms with van der Waals surface area (Å²) >= 11 is 0. The highest BCUT2D eigenvalue weighted by atomic mass is 16.6. The molecular weight excluding hydrogens is 158 g/mol. The van der Waals surface area contributed by atoms with Crippen molar-refractivity contribution >= 4 is 5.91 Å². The van der Waals surface area contributed by atoms with E-state index in [9.17, 15) is 9.90 Å². The highest BCUT2D eigenvalue weighted by Gasteiger charge is 2.56. The minimum absolute atomic E-state index is 0.157. The largest absolute Gasteiger partial charge is 0.368 e. The van der Waals surface area contributed by atoms with Gasteiger partial charge in [-0.15, -0.1) is 0 Å². The Morgan fingerprint density at radius 2 is 2.50 bits per heavy atom. The Morgan fingerprint density at radius 1 is 1.75 bits per heavy atom. The van der Waals surface area contributed by atoms with Crippen LogP contribution in [-0.4, -0.2) is 28.9 Å². The van der Waals surface area contributed by atoms with Crippen LogP contribution in [0.2, 0.25) is 0 Å². The summed E-state index contributed by atoms with van der Waals surface area (Å²) in [5, 5.41) is 12.4. The van der Waals surface area contributed by atoms with Crippen LogP contribution in [-0.2, 0) is 9.53 Å². The molecule has 1 saturated carbocycles. The highest BCUT2D eigenvalue weighted by Crippen LogP contribution is 2.41. The van der Waals surface area contributed by atoms with Crippen molar-refractivity contribution in [3.05, 3.63) is 0 Å². The maximum Gasteiger partial charge on any atom is 0.219 e. The Labute approximate surface area is 70.9 Å². The molecule has 2 fully saturated rings. The number of hydrogen-bond acceptors (Lipinski definition) is 3. The molecule has 0 aromatic carbocycles. The number of epoxide rings is 1. The fourth-order valence-corrected chi connectivity index (χ4v) is 1.94. The second-order valence-corrected chi connectivity index (χ2v) is 3.59. The van der Waals surface area contributed by atoms with Crippen molar-refractivity contribution in [3.8, 4) is 0 Å². The van der Waals surface area contributed by atoms with Gasteiger partial charge in [-0.3, -0.25) is 4.79 Å². The van der Waals surface area contributed by atoms with Crippen molar-refractivity contribution in [2.75, 3.05) is 0 Å². The number of fused-ring (bicyclic) bond motifs is 1. The molecule has 68 valence electrons. The molecule has 0 radical (unpaired) electrons. The summed E-state index contributed by atoms with van der Waals surface area (Å²) in [6, 6.07) is 0. The molecule has 1 aliphatic carbocycles. The second kappa shape index (κ2) is 2.44. The Balaban J connectivity index is 2.03. The van der Waals surface area contributed by atoms with Crippen LogP contribution in [0.15, 0.2) is 0 Å². The van der Waals surface area contributed by atoms with Gasteiger partial charge in [0.15, 0.2) is 5.72 Å². The highest BCUT2D eigenvalue weighted by molar-refractivity contribution is 5.73. The number of carbonyl (C=O) groups is 1. The zero-order valence-corrected chi connectivity index (χ0v) is 7.04. The minimum Gasteiger partial charge on any atom is -0.368 e. The van der Waals surface area contributed by atoms with Crippen LogP contribution < -0.4 is 5.32 Å². The lowest BCUT2D eigenvalue weighted by Gasteiger charge is -2.29. The molecule has 1 heterocycles. The van der Waals surface area contributed by atoms with Gasteiger partial charge in [0.1, 0.15) is 6.10 Å². The molecule has 2 rings (SSSR count). The summed E-state index contributed by atoms with van der Waals surface area (Å²) in [7, 11) is 0. The summed E-state index contributed by atoms with van der Waals surface area (Å²) in [5.41, 5.74) is -1.09. The van der Waals surface area contributed by atoms with Crippen molar-refractivity contribution in [2.24, 2.45) is 0 Å². The van der Waals surface area contributed by atoms with Crippen LogP contribution in [0.4, 0.5) is 0 Å². The van der Waals surface area contributed by atoms with Gasteiger partial charge in [-0.05, 0) is 19.3 Å². The van der Waals surface area contributed by atoms with Crippen LogP contribution in [0, 0.1) is 0 Å². The van der Waals surface area contributed by atoms with Gasteiger partial charge in [0.2, 0.25) is 5.91 Å². The molecule has 1 saturated heterocycles. The molecule has 12 heavy (non-hydrogen) atoms. The first-order valence-corrected chi connectivity index (χ1v) is 4.28. The fraction of sp³-hybridized carbons (Fsp3) is 0.875. The average molecular weight is 171 g/mol. The smallest absolute Gasteiger partial charge is 0.219 e. The van der Waals surface area contributed by atoms with Crippen molar-refractivity contribution in [2.45, 2.75) is 44.1 Å². The molecule has 0 aromatic rings. The van der Waals surface area contributed by atoms with Crippen molar-refractivity contribution in [1.29, 1.82) is 0 Å². The first-order valence-electron chi connectivity index (χ1n) is 4.28. The third kappa shape index (κ3) is 1.21. The van der Waals surface area contributed by atoms with Gasteiger partial charge in [0, 0.05) is 6.92 Å². The predicted molar refractivity (Wildman–Crippen MR) is 41.3 cm³/mol. The molecule has 4 nitrogen and oxygen atoms in total. The van der Waals surface area contributed by atoms with Crippen LogP contribution in [0.3, 0.4) is 0 Å². The minimum atomic E-state index is -1.09. The topological polar surface area (TPSA) is 61.9 Å². The van der Waals surface area contributed by atoms with Gasteiger partial charge < -0.3 is 15.2 Å². The molecule has 2 N–H and O–H groups in total. The number of ether oxygens (including phenoxy) is 1. The number of aliphatic hydroxyl groups is 1. The number of rotatable bonds is 1. The number of amides is 1. The quantitative estimate of drug-likeness (QED) is 0.423. The summed E-state index contributed by atoms with van der Waals surface area (Å²) in [5.74, 6) is -0.200. The molecule has 3 atom stereocenters. The van der Waals surface area contributed by atoms with E-state index in [0.717, 1.165) is 12.8 Å². The molecule has 0 aromatic heterocycles. The predicted octanol–water partition coefficient (Wildman–Crippen LogP) is -0.238. The third-order valence-electron chi connectivity index (χ3n) is 2.49. The Bertz CT molecular complexity index is 218. The monoisotopic (exact) mass is 171 g/mol. The number of hydrogen-bond donors (Lipinski definition) is 2. The van der Waals surface area contributed by atoms with Gasteiger partial charge in [-0.25, -0.2) is 0 Å². The first kappa shape index (κ1) is 8.01. The summed E-state index contributed by atoms with van der Waals surface area (Å²) in [4.78, 5) is 10.8. The Morgan fingerprint density at radius 3 is 3.17 bits per heavy atom. The van der Waals surface area contributed by atoms with Gasteiger partial charge in [0.05, 0.1) is 6.10 Å². The summed E-state index contributed by atoms with van der Waals surface area (Å²) in [6.07, 6.45) is 2.55. The van der Waals surface area contributed by atoms with E-state index >= 15 is 0 Å². The van der Waals surface area contributed by atoms with Crippen LogP contribution in [0.5, 0.6) is 0 Å². The van der Waals surface area contributed by atoms with E-state index in [1.54, 1.807) is 0 Å². The van der Waals surface area contributed by atoms with Crippen LogP contribution >= 0.6 is 0 Å². The molecular formula is C8H13NO3. The zero-order chi connectivity index (χ0) is 8.77. The lowest BCUT2D eigenvalue weighted by molar-refractivity contribution is -0.129. The summed E-state index contributed by atoms with van der Waals surface area (Å²) < 4.78 is 5.23. The van der Waals surface area contributed by atoms with Gasteiger partial charge in [-0.1, -0.05) is 0 Å². The van der Waals surface area contributed by atoms with Crippen LogP contribution in [0.25, 0.3) is 0 Å². The zero-order valence-electron chi connectivity index (χ0n) is 7.04. The molecule has 2 aliphatic rings. The van der Waals surface area contributed by atoms with E-state index in [1.807, 2.05) is 0 Å². The normalized spacial score (nSPS) is 44.8. The maximum absolute atomic E-state index is 10.8. The van der Waals surface area contributed by atoms with E-state index in [0.29, 0.717) is 6.42 Å². The summed E-state index contributed by atoms with van der Waals surface area (Å²) in [6.45, 7) is 1.41. The second-order valence-electron chi connectivity index (χ2n) is 3.59. The van der Waals surface area contributed by atoms with Gasteiger partial charge in [-0.2, -0.15) is 0 Å². The van der Waals surface area contributed by atoms with E-state index < -0.39 is 5.72 Å². The van der Waals surface area contributed by atoms with Crippen molar-refractivity contribution in [1.82, 2.24) is 5.32 Å². The molecule has 0 spiro atoms. The maximum atomic E-state index is 10.8. The lowest BCUT2D eigenvalue weighted by Crippen LogP contribution is -2.54. The van der Waals surface area contributed by atoms with Gasteiger partial charge >= 0.3 is 0 Å². The lowest BCUT2D eigenvalue weighted by atomic mass is 9.92. The van der Waals surface area contributed by atoms with Crippen molar-refractivity contribution < 1.29 is 14.6 Å². The standard InChI is InChI=1S/C8H13NO3/c1-5(10)9-8(11)4-2-3-6-7(8)12-6/h6-7,11H,2-4H2,1H3,(H,9,10). The molecule has 0 bridgehead atoms. The van der Waals surface area contributed by atoms with E-state index in [-0.39, 0.29) is 18.1 Å². The fourth-order valence-electron chi connectivity index (χ4n) is 1.94. The average Bonchev–Trinajstić information content (AvgIpc) is 2.64. The number of carbonyl (C=O) groups excluding carboxylic acids is 1. The van der Waals surface area contributed by atoms with Gasteiger partial charge in [0.25, 0.3) is 0 Å². The molecule has 1 amide bonds. The molecule has 4 heteroatoms. The molecule has 3 unspecified atom stereocenters. The van der Waals surface area contributed by atoms with E-state index in [2.05, 4.69) is 5.32 Å². The third-order valence-corrected chi connectivity index (χ3v) is 2.49. The Hall–Kier alpha value is -0.610.